The first-order valence-corrected chi connectivity index (χ1v) is 8.68. The third-order valence-electron chi connectivity index (χ3n) is 4.11. The van der Waals surface area contributed by atoms with Gasteiger partial charge in [0.1, 0.15) is 5.03 Å². The van der Waals surface area contributed by atoms with Crippen LogP contribution in [0.3, 0.4) is 0 Å². The van der Waals surface area contributed by atoms with Crippen LogP contribution in [0.5, 0.6) is 0 Å². The van der Waals surface area contributed by atoms with Crippen molar-refractivity contribution in [1.29, 1.82) is 0 Å². The van der Waals surface area contributed by atoms with Gasteiger partial charge in [0.2, 0.25) is 0 Å². The van der Waals surface area contributed by atoms with Crippen LogP contribution >= 0.6 is 11.8 Å². The van der Waals surface area contributed by atoms with Gasteiger partial charge in [-0.1, -0.05) is 31.8 Å². The fourth-order valence-electron chi connectivity index (χ4n) is 2.94. The molecule has 3 N–H and O–H groups in total. The summed E-state index contributed by atoms with van der Waals surface area (Å²) in [5.74, 6) is 1.94. The van der Waals surface area contributed by atoms with Gasteiger partial charge in [-0.25, -0.2) is 0 Å². The number of amidine groups is 1. The van der Waals surface area contributed by atoms with E-state index >= 15 is 0 Å². The molecule has 2 rings (SSSR count). The molecule has 0 radical (unpaired) electrons. The molecule has 1 saturated carbocycles. The van der Waals surface area contributed by atoms with Crippen molar-refractivity contribution in [3.8, 4) is 0 Å². The molecule has 0 aliphatic heterocycles. The largest absolute Gasteiger partial charge is 0.409 e. The summed E-state index contributed by atoms with van der Waals surface area (Å²) in [4.78, 5) is 0. The van der Waals surface area contributed by atoms with Crippen molar-refractivity contribution in [1.82, 2.24) is 10.2 Å². The molecule has 0 amide bonds. The second-order valence-corrected chi connectivity index (χ2v) is 6.47. The second-order valence-electron chi connectivity index (χ2n) is 5.46. The van der Waals surface area contributed by atoms with E-state index in [1.165, 1.54) is 25.7 Å². The Labute approximate surface area is 130 Å². The smallest absolute Gasteiger partial charge is 0.173 e. The van der Waals surface area contributed by atoms with Crippen LogP contribution in [0.2, 0.25) is 0 Å². The highest BCUT2D eigenvalue weighted by atomic mass is 32.2. The first-order chi connectivity index (χ1) is 10.2. The molecule has 5 nitrogen and oxygen atoms in total. The monoisotopic (exact) mass is 308 g/mol. The zero-order valence-corrected chi connectivity index (χ0v) is 13.6. The minimum absolute atomic E-state index is 0.144. The SMILES string of the molecule is CCc1nnc(SCC2CCCC2)c(C(N)=NO)c1CC. The summed E-state index contributed by atoms with van der Waals surface area (Å²) < 4.78 is 0. The molecule has 1 aromatic heterocycles. The fourth-order valence-corrected chi connectivity index (χ4v) is 4.14. The molecule has 1 aliphatic rings. The van der Waals surface area contributed by atoms with E-state index in [1.54, 1.807) is 11.8 Å². The molecule has 6 heteroatoms. The highest BCUT2D eigenvalue weighted by Gasteiger charge is 2.21. The number of aryl methyl sites for hydroxylation is 1. The van der Waals surface area contributed by atoms with Crippen molar-refractivity contribution in [2.24, 2.45) is 16.8 Å². The minimum Gasteiger partial charge on any atom is -0.409 e. The summed E-state index contributed by atoms with van der Waals surface area (Å²) in [6.07, 6.45) is 6.87. The summed E-state index contributed by atoms with van der Waals surface area (Å²) in [6, 6.07) is 0. The molecule has 0 aromatic carbocycles. The molecule has 1 fully saturated rings. The van der Waals surface area contributed by atoms with Crippen LogP contribution in [-0.2, 0) is 12.8 Å². The average Bonchev–Trinajstić information content (AvgIpc) is 3.04. The maximum atomic E-state index is 9.08. The molecule has 0 unspecified atom stereocenters. The Bertz CT molecular complexity index is 513. The molecule has 21 heavy (non-hydrogen) atoms. The van der Waals surface area contributed by atoms with E-state index in [2.05, 4.69) is 22.3 Å². The number of hydrogen-bond acceptors (Lipinski definition) is 5. The lowest BCUT2D eigenvalue weighted by Gasteiger charge is -2.15. The standard InChI is InChI=1S/C15H24N4OS/c1-3-11-12(4-2)17-18-15(13(11)14(16)19-20)21-9-10-7-5-6-8-10/h10,20H,3-9H2,1-2H3,(H2,16,19). The Kier molecular flexibility index (Phi) is 5.85. The lowest BCUT2D eigenvalue weighted by Crippen LogP contribution is -2.20. The molecule has 0 spiro atoms. The number of thioether (sulfide) groups is 1. The molecule has 0 bridgehead atoms. The van der Waals surface area contributed by atoms with E-state index in [-0.39, 0.29) is 5.84 Å². The van der Waals surface area contributed by atoms with E-state index in [1.807, 2.05) is 6.92 Å². The van der Waals surface area contributed by atoms with E-state index < -0.39 is 0 Å². The van der Waals surface area contributed by atoms with Crippen LogP contribution in [-0.4, -0.2) is 27.0 Å². The normalized spacial score (nSPS) is 16.6. The predicted molar refractivity (Wildman–Crippen MR) is 86.0 cm³/mol. The van der Waals surface area contributed by atoms with Crippen molar-refractivity contribution in [2.45, 2.75) is 57.4 Å². The zero-order valence-electron chi connectivity index (χ0n) is 12.8. The Morgan fingerprint density at radius 2 is 2.00 bits per heavy atom. The topological polar surface area (TPSA) is 84.4 Å². The number of nitrogens with two attached hydrogens (primary N) is 1. The van der Waals surface area contributed by atoms with Gasteiger partial charge in [0, 0.05) is 5.75 Å². The zero-order chi connectivity index (χ0) is 15.2. The highest BCUT2D eigenvalue weighted by molar-refractivity contribution is 7.99. The fraction of sp³-hybridized carbons (Fsp3) is 0.667. The van der Waals surface area contributed by atoms with Crippen LogP contribution in [0.15, 0.2) is 10.2 Å². The molecule has 116 valence electrons. The van der Waals surface area contributed by atoms with Gasteiger partial charge in [0.25, 0.3) is 0 Å². The lowest BCUT2D eigenvalue weighted by molar-refractivity contribution is 0.318. The number of aromatic nitrogens is 2. The van der Waals surface area contributed by atoms with Gasteiger partial charge in [-0.15, -0.1) is 16.9 Å². The Morgan fingerprint density at radius 1 is 1.29 bits per heavy atom. The third-order valence-corrected chi connectivity index (χ3v) is 5.31. The summed E-state index contributed by atoms with van der Waals surface area (Å²) in [5, 5.41) is 21.7. The van der Waals surface area contributed by atoms with E-state index in [0.717, 1.165) is 46.4 Å². The van der Waals surface area contributed by atoms with Crippen LogP contribution in [0.1, 0.15) is 56.4 Å². The van der Waals surface area contributed by atoms with E-state index in [0.29, 0.717) is 0 Å². The van der Waals surface area contributed by atoms with E-state index in [9.17, 15) is 0 Å². The Hall–Kier alpha value is -1.30. The average molecular weight is 308 g/mol. The van der Waals surface area contributed by atoms with Gasteiger partial charge in [-0.05, 0) is 37.2 Å². The predicted octanol–water partition coefficient (Wildman–Crippen LogP) is 2.98. The molecule has 1 heterocycles. The van der Waals surface area contributed by atoms with Gasteiger partial charge < -0.3 is 10.9 Å². The van der Waals surface area contributed by atoms with Gasteiger partial charge in [-0.2, -0.15) is 5.10 Å². The van der Waals surface area contributed by atoms with Crippen molar-refractivity contribution >= 4 is 17.6 Å². The van der Waals surface area contributed by atoms with Crippen molar-refractivity contribution in [2.75, 3.05) is 5.75 Å². The molecular weight excluding hydrogens is 284 g/mol. The van der Waals surface area contributed by atoms with Crippen molar-refractivity contribution in [3.63, 3.8) is 0 Å². The molecular formula is C15H24N4OS. The molecule has 1 aromatic rings. The number of oxime groups is 1. The summed E-state index contributed by atoms with van der Waals surface area (Å²) in [5.41, 5.74) is 8.66. The Morgan fingerprint density at radius 3 is 2.57 bits per heavy atom. The van der Waals surface area contributed by atoms with Crippen LogP contribution in [0.25, 0.3) is 0 Å². The van der Waals surface area contributed by atoms with Gasteiger partial charge >= 0.3 is 0 Å². The summed E-state index contributed by atoms with van der Waals surface area (Å²) in [7, 11) is 0. The second kappa shape index (κ2) is 7.64. The third kappa shape index (κ3) is 3.67. The first-order valence-electron chi connectivity index (χ1n) is 7.70. The summed E-state index contributed by atoms with van der Waals surface area (Å²) in [6.45, 7) is 4.11. The highest BCUT2D eigenvalue weighted by Crippen LogP contribution is 2.32. The summed E-state index contributed by atoms with van der Waals surface area (Å²) >= 11 is 1.69. The number of nitrogens with zero attached hydrogens (tertiary/aromatic N) is 3. The van der Waals surface area contributed by atoms with Crippen LogP contribution < -0.4 is 5.73 Å². The lowest BCUT2D eigenvalue weighted by atomic mass is 10.0. The van der Waals surface area contributed by atoms with Gasteiger partial charge in [-0.3, -0.25) is 0 Å². The van der Waals surface area contributed by atoms with E-state index in [4.69, 9.17) is 10.9 Å². The van der Waals surface area contributed by atoms with Crippen molar-refractivity contribution < 1.29 is 5.21 Å². The van der Waals surface area contributed by atoms with Gasteiger partial charge in [0.15, 0.2) is 5.84 Å². The van der Waals surface area contributed by atoms with Gasteiger partial charge in [0.05, 0.1) is 11.3 Å². The first kappa shape index (κ1) is 16.1. The van der Waals surface area contributed by atoms with Crippen molar-refractivity contribution in [3.05, 3.63) is 16.8 Å². The molecule has 0 saturated heterocycles. The maximum Gasteiger partial charge on any atom is 0.173 e. The minimum atomic E-state index is 0.144. The number of hydrogen-bond donors (Lipinski definition) is 2. The molecule has 1 aliphatic carbocycles. The quantitative estimate of drug-likeness (QED) is 0.277. The Balaban J connectivity index is 2.30. The van der Waals surface area contributed by atoms with Crippen LogP contribution in [0.4, 0.5) is 0 Å². The molecule has 0 atom stereocenters. The van der Waals surface area contributed by atoms with Crippen LogP contribution in [0, 0.1) is 5.92 Å². The number of rotatable bonds is 6. The maximum absolute atomic E-state index is 9.08.